The van der Waals surface area contributed by atoms with Gasteiger partial charge in [-0.05, 0) is 88.2 Å². The van der Waals surface area contributed by atoms with Crippen LogP contribution in [-0.2, 0) is 6.42 Å². The summed E-state index contributed by atoms with van der Waals surface area (Å²) in [4.78, 5) is 2.24. The molecule has 0 heterocycles. The van der Waals surface area contributed by atoms with Crippen LogP contribution in [0.2, 0.25) is 0 Å². The summed E-state index contributed by atoms with van der Waals surface area (Å²) in [6.07, 6.45) is 6.83. The number of hydrogen-bond donors (Lipinski definition) is 0. The first-order valence-corrected chi connectivity index (χ1v) is 12.4. The number of hydrogen-bond acceptors (Lipinski definition) is 1. The first-order chi connectivity index (χ1) is 17.2. The fourth-order valence-electron chi connectivity index (χ4n) is 5.40. The van der Waals surface area contributed by atoms with Crippen LogP contribution < -0.4 is 4.90 Å². The van der Waals surface area contributed by atoms with Crippen LogP contribution in [0, 0.1) is 6.92 Å². The van der Waals surface area contributed by atoms with Gasteiger partial charge < -0.3 is 4.90 Å². The molecule has 0 radical (unpaired) electrons. The van der Waals surface area contributed by atoms with Gasteiger partial charge in [0.2, 0.25) is 0 Å². The molecule has 0 aliphatic heterocycles. The number of rotatable bonds is 4. The maximum Gasteiger partial charge on any atom is 0.0408 e. The maximum absolute atomic E-state index is 2.35. The second-order valence-electron chi connectivity index (χ2n) is 9.44. The predicted molar refractivity (Wildman–Crippen MR) is 151 cm³/mol. The highest BCUT2D eigenvalue weighted by molar-refractivity contribution is 6.10. The van der Waals surface area contributed by atoms with Gasteiger partial charge in [0.1, 0.15) is 0 Å². The van der Waals surface area contributed by atoms with E-state index in [1.165, 1.54) is 61.1 Å². The molecule has 0 bridgehead atoms. The summed E-state index contributed by atoms with van der Waals surface area (Å²) in [5.74, 6) is 0. The fourth-order valence-corrected chi connectivity index (χ4v) is 5.40. The molecule has 0 atom stereocenters. The largest absolute Gasteiger partial charge is 0.345 e. The minimum absolute atomic E-state index is 1.07. The third-order valence-corrected chi connectivity index (χ3v) is 7.23. The van der Waals surface area contributed by atoms with Crippen LogP contribution in [0.5, 0.6) is 0 Å². The van der Waals surface area contributed by atoms with E-state index in [9.17, 15) is 0 Å². The zero-order valence-corrected chi connectivity index (χ0v) is 20.3. The zero-order chi connectivity index (χ0) is 23.8. The first-order valence-electron chi connectivity index (χ1n) is 12.4. The highest BCUT2D eigenvalue weighted by atomic mass is 15.1. The van der Waals surface area contributed by atoms with Gasteiger partial charge in [-0.2, -0.15) is 0 Å². The Hall–Kier alpha value is -4.10. The van der Waals surface area contributed by atoms with Crippen molar-refractivity contribution in [3.63, 3.8) is 0 Å². The summed E-state index contributed by atoms with van der Waals surface area (Å²) in [6.45, 7) is 2.15. The van der Waals surface area contributed by atoms with Crippen LogP contribution in [0.25, 0.3) is 39.1 Å². The molecule has 170 valence electrons. The molecule has 1 aliphatic rings. The number of anilines is 2. The smallest absolute Gasteiger partial charge is 0.0408 e. The number of allylic oxidation sites excluding steroid dienone is 1. The lowest BCUT2D eigenvalue weighted by Gasteiger charge is -2.24. The molecule has 35 heavy (non-hydrogen) atoms. The minimum atomic E-state index is 1.07. The first kappa shape index (κ1) is 21.4. The van der Waals surface area contributed by atoms with Gasteiger partial charge in [-0.3, -0.25) is 0 Å². The lowest BCUT2D eigenvalue weighted by molar-refractivity contribution is 0.991. The molecule has 0 unspecified atom stereocenters. The second kappa shape index (κ2) is 8.92. The van der Waals surface area contributed by atoms with E-state index in [0.717, 1.165) is 12.8 Å². The van der Waals surface area contributed by atoms with Crippen molar-refractivity contribution in [2.45, 2.75) is 19.8 Å². The van der Waals surface area contributed by atoms with Crippen LogP contribution in [0.3, 0.4) is 0 Å². The molecular weight excluding hydrogens is 422 g/mol. The predicted octanol–water partition coefficient (Wildman–Crippen LogP) is 9.21. The van der Waals surface area contributed by atoms with Crippen LogP contribution in [-0.4, -0.2) is 7.05 Å². The van der Waals surface area contributed by atoms with Gasteiger partial charge in [-0.25, -0.2) is 0 Å². The number of para-hydroxylation sites is 1. The van der Waals surface area contributed by atoms with Crippen molar-refractivity contribution in [1.29, 1.82) is 0 Å². The lowest BCUT2D eigenvalue weighted by Crippen LogP contribution is -2.09. The molecule has 5 aromatic rings. The lowest BCUT2D eigenvalue weighted by atomic mass is 9.80. The zero-order valence-electron chi connectivity index (χ0n) is 20.3. The van der Waals surface area contributed by atoms with Gasteiger partial charge in [0.25, 0.3) is 0 Å². The molecule has 0 fully saturated rings. The van der Waals surface area contributed by atoms with Crippen LogP contribution >= 0.6 is 0 Å². The molecule has 0 aromatic heterocycles. The van der Waals surface area contributed by atoms with Crippen molar-refractivity contribution in [3.05, 3.63) is 126 Å². The van der Waals surface area contributed by atoms with E-state index in [4.69, 9.17) is 0 Å². The third-order valence-electron chi connectivity index (χ3n) is 7.23. The molecule has 0 saturated heterocycles. The molecule has 1 nitrogen and oxygen atoms in total. The average Bonchev–Trinajstić information content (AvgIpc) is 2.92. The van der Waals surface area contributed by atoms with Crippen molar-refractivity contribution in [2.75, 3.05) is 11.9 Å². The van der Waals surface area contributed by atoms with Crippen molar-refractivity contribution in [3.8, 4) is 22.3 Å². The van der Waals surface area contributed by atoms with Gasteiger partial charge >= 0.3 is 0 Å². The molecule has 1 aliphatic carbocycles. The van der Waals surface area contributed by atoms with Crippen molar-refractivity contribution < 1.29 is 0 Å². The topological polar surface area (TPSA) is 3.24 Å². The Morgan fingerprint density at radius 3 is 1.89 bits per heavy atom. The Bertz CT molecular complexity index is 1520. The van der Waals surface area contributed by atoms with Crippen molar-refractivity contribution >= 4 is 28.2 Å². The molecule has 0 spiro atoms. The number of benzene rings is 5. The Morgan fingerprint density at radius 1 is 0.600 bits per heavy atom. The quantitative estimate of drug-likeness (QED) is 0.263. The van der Waals surface area contributed by atoms with Gasteiger partial charge in [-0.1, -0.05) is 96.6 Å². The van der Waals surface area contributed by atoms with E-state index in [2.05, 4.69) is 134 Å². The SMILES string of the molecule is Cc1ccc(-c2c3c(c(-c4ccc(N(C)c5ccccc5)cc4)c4ccccc24)CCC=C3)cc1. The van der Waals surface area contributed by atoms with Crippen molar-refractivity contribution in [2.24, 2.45) is 0 Å². The standard InChI is InChI=1S/C34H29N/c1-24-16-18-25(19-17-24)33-29-12-6-8-14-31(29)34(32-15-9-7-13-30(32)33)26-20-22-28(23-21-26)35(2)27-10-4-3-5-11-27/h3-8,10-14,16-23H,9,15H2,1-2H3. The Kier molecular flexibility index (Phi) is 5.47. The Morgan fingerprint density at radius 2 is 1.17 bits per heavy atom. The van der Waals surface area contributed by atoms with Gasteiger partial charge in [0.15, 0.2) is 0 Å². The van der Waals surface area contributed by atoms with Gasteiger partial charge in [-0.15, -0.1) is 0 Å². The molecule has 0 saturated carbocycles. The van der Waals surface area contributed by atoms with E-state index in [-0.39, 0.29) is 0 Å². The van der Waals surface area contributed by atoms with E-state index >= 15 is 0 Å². The summed E-state index contributed by atoms with van der Waals surface area (Å²) in [5.41, 5.74) is 11.8. The summed E-state index contributed by atoms with van der Waals surface area (Å²) < 4.78 is 0. The monoisotopic (exact) mass is 451 g/mol. The molecule has 5 aromatic carbocycles. The average molecular weight is 452 g/mol. The fraction of sp³-hybridized carbons (Fsp3) is 0.118. The summed E-state index contributed by atoms with van der Waals surface area (Å²) in [7, 11) is 2.13. The van der Waals surface area contributed by atoms with E-state index in [0.29, 0.717) is 0 Å². The molecule has 1 heteroatoms. The minimum Gasteiger partial charge on any atom is -0.345 e. The van der Waals surface area contributed by atoms with Crippen LogP contribution in [0.15, 0.2) is 109 Å². The van der Waals surface area contributed by atoms with Gasteiger partial charge in [0, 0.05) is 18.4 Å². The third kappa shape index (κ3) is 3.84. The number of aryl methyl sites for hydroxylation is 1. The molecule has 0 amide bonds. The number of fused-ring (bicyclic) bond motifs is 2. The molecular formula is C34H29N. The number of nitrogens with zero attached hydrogens (tertiary/aromatic N) is 1. The summed E-state index contributed by atoms with van der Waals surface area (Å²) >= 11 is 0. The highest BCUT2D eigenvalue weighted by Gasteiger charge is 2.21. The molecule has 6 rings (SSSR count). The van der Waals surface area contributed by atoms with E-state index < -0.39 is 0 Å². The van der Waals surface area contributed by atoms with Crippen molar-refractivity contribution in [1.82, 2.24) is 0 Å². The summed E-state index contributed by atoms with van der Waals surface area (Å²) in [5, 5.41) is 2.66. The second-order valence-corrected chi connectivity index (χ2v) is 9.44. The van der Waals surface area contributed by atoms with Gasteiger partial charge in [0.05, 0.1) is 0 Å². The Balaban J connectivity index is 1.54. The summed E-state index contributed by atoms with van der Waals surface area (Å²) in [6, 6.07) is 37.5. The maximum atomic E-state index is 2.35. The van der Waals surface area contributed by atoms with E-state index in [1.54, 1.807) is 0 Å². The highest BCUT2D eigenvalue weighted by Crippen LogP contribution is 2.44. The van der Waals surface area contributed by atoms with Crippen LogP contribution in [0.1, 0.15) is 23.1 Å². The van der Waals surface area contributed by atoms with Crippen LogP contribution in [0.4, 0.5) is 11.4 Å². The Labute approximate surface area is 208 Å². The van der Waals surface area contributed by atoms with E-state index in [1.807, 2.05) is 0 Å². The normalized spacial score (nSPS) is 12.5. The molecule has 0 N–H and O–H groups in total.